The normalized spacial score (nSPS) is 21.1. The molecule has 0 bridgehead atoms. The van der Waals surface area contributed by atoms with Gasteiger partial charge >= 0.3 is 5.97 Å². The van der Waals surface area contributed by atoms with Crippen LogP contribution in [0.1, 0.15) is 6.42 Å². The molecular formula is C7H11NO4. The summed E-state index contributed by atoms with van der Waals surface area (Å²) in [6.45, 7) is 0.619. The number of amides is 1. The zero-order valence-electron chi connectivity index (χ0n) is 6.83. The molecule has 0 aliphatic carbocycles. The van der Waals surface area contributed by atoms with Gasteiger partial charge in [0.05, 0.1) is 13.0 Å². The van der Waals surface area contributed by atoms with Gasteiger partial charge in [0.15, 0.2) is 0 Å². The van der Waals surface area contributed by atoms with Gasteiger partial charge in [-0.2, -0.15) is 0 Å². The molecule has 1 heterocycles. The molecule has 1 aliphatic heterocycles. The van der Waals surface area contributed by atoms with Crippen molar-refractivity contribution in [2.75, 3.05) is 20.3 Å². The van der Waals surface area contributed by atoms with Gasteiger partial charge in [-0.1, -0.05) is 0 Å². The van der Waals surface area contributed by atoms with E-state index in [0.29, 0.717) is 6.61 Å². The predicted molar refractivity (Wildman–Crippen MR) is 39.4 cm³/mol. The van der Waals surface area contributed by atoms with Gasteiger partial charge in [0.2, 0.25) is 5.91 Å². The molecule has 0 radical (unpaired) electrons. The predicted octanol–water partition coefficient (Wildman–Crippen LogP) is -0.935. The number of carbonyl (C=O) groups excluding carboxylic acids is 2. The van der Waals surface area contributed by atoms with E-state index in [1.807, 2.05) is 0 Å². The molecule has 1 fully saturated rings. The summed E-state index contributed by atoms with van der Waals surface area (Å²) in [4.78, 5) is 21.4. The molecule has 0 spiro atoms. The standard InChI is InChI=1S/C7H11NO4/c1-11-2-3-12-7(10)5-4-6(9)8-5/h5H,2-4H2,1H3,(H,8,9). The highest BCUT2D eigenvalue weighted by atomic mass is 16.6. The lowest BCUT2D eigenvalue weighted by Crippen LogP contribution is -2.53. The minimum absolute atomic E-state index is 0.108. The Morgan fingerprint density at radius 2 is 2.33 bits per heavy atom. The van der Waals surface area contributed by atoms with E-state index in [4.69, 9.17) is 4.74 Å². The first kappa shape index (κ1) is 8.99. The molecule has 5 nitrogen and oxygen atoms in total. The Bertz CT molecular complexity index is 184. The number of rotatable bonds is 4. The number of carbonyl (C=O) groups is 2. The highest BCUT2D eigenvalue weighted by Gasteiger charge is 2.32. The molecule has 1 N–H and O–H groups in total. The van der Waals surface area contributed by atoms with Crippen LogP contribution in [0.5, 0.6) is 0 Å². The molecule has 12 heavy (non-hydrogen) atoms. The average Bonchev–Trinajstić information content (AvgIpc) is 1.99. The van der Waals surface area contributed by atoms with Crippen molar-refractivity contribution in [2.45, 2.75) is 12.5 Å². The lowest BCUT2D eigenvalue weighted by atomic mass is 10.1. The maximum atomic E-state index is 11.0. The second kappa shape index (κ2) is 4.06. The molecule has 0 saturated carbocycles. The Balaban J connectivity index is 2.08. The van der Waals surface area contributed by atoms with Gasteiger partial charge < -0.3 is 14.8 Å². The lowest BCUT2D eigenvalue weighted by molar-refractivity contribution is -0.154. The fourth-order valence-electron chi connectivity index (χ4n) is 0.827. The monoisotopic (exact) mass is 173 g/mol. The Labute approximate surface area is 70.0 Å². The van der Waals surface area contributed by atoms with Gasteiger partial charge in [-0.15, -0.1) is 0 Å². The number of nitrogens with one attached hydrogen (secondary N) is 1. The number of β-lactam (4-membered cyclic amide) rings is 1. The van der Waals surface area contributed by atoms with Crippen molar-refractivity contribution < 1.29 is 19.1 Å². The topological polar surface area (TPSA) is 64.6 Å². The van der Waals surface area contributed by atoms with Crippen molar-refractivity contribution >= 4 is 11.9 Å². The largest absolute Gasteiger partial charge is 0.462 e. The van der Waals surface area contributed by atoms with Crippen LogP contribution in [0, 0.1) is 0 Å². The van der Waals surface area contributed by atoms with Crippen molar-refractivity contribution in [3.05, 3.63) is 0 Å². The van der Waals surface area contributed by atoms with Crippen LogP contribution >= 0.6 is 0 Å². The molecule has 0 aromatic carbocycles. The first-order valence-electron chi connectivity index (χ1n) is 3.69. The van der Waals surface area contributed by atoms with Gasteiger partial charge in [0.1, 0.15) is 12.6 Å². The van der Waals surface area contributed by atoms with Gasteiger partial charge in [-0.05, 0) is 0 Å². The maximum absolute atomic E-state index is 11.0. The summed E-state index contributed by atoms with van der Waals surface area (Å²) in [6.07, 6.45) is 0.242. The second-order valence-electron chi connectivity index (χ2n) is 2.48. The summed E-state index contributed by atoms with van der Waals surface area (Å²) in [7, 11) is 1.53. The molecule has 0 aromatic heterocycles. The highest BCUT2D eigenvalue weighted by molar-refractivity contribution is 5.94. The lowest BCUT2D eigenvalue weighted by Gasteiger charge is -2.24. The van der Waals surface area contributed by atoms with Crippen LogP contribution in [-0.4, -0.2) is 38.2 Å². The number of hydrogen-bond acceptors (Lipinski definition) is 4. The first-order chi connectivity index (χ1) is 5.74. The Kier molecular flexibility index (Phi) is 3.04. The number of ether oxygens (including phenoxy) is 2. The van der Waals surface area contributed by atoms with Crippen LogP contribution < -0.4 is 5.32 Å². The molecule has 1 saturated heterocycles. The van der Waals surface area contributed by atoms with E-state index in [-0.39, 0.29) is 24.9 Å². The Hall–Kier alpha value is -1.10. The Morgan fingerprint density at radius 3 is 2.83 bits per heavy atom. The van der Waals surface area contributed by atoms with Crippen LogP contribution in [0.3, 0.4) is 0 Å². The molecule has 5 heteroatoms. The number of esters is 1. The van der Waals surface area contributed by atoms with Gasteiger partial charge in [0.25, 0.3) is 0 Å². The molecule has 1 unspecified atom stereocenters. The zero-order valence-corrected chi connectivity index (χ0v) is 6.83. The van der Waals surface area contributed by atoms with Crippen molar-refractivity contribution in [1.29, 1.82) is 0 Å². The highest BCUT2D eigenvalue weighted by Crippen LogP contribution is 2.05. The van der Waals surface area contributed by atoms with E-state index >= 15 is 0 Å². The fourth-order valence-corrected chi connectivity index (χ4v) is 0.827. The van der Waals surface area contributed by atoms with E-state index in [0.717, 1.165) is 0 Å². The Morgan fingerprint density at radius 1 is 1.67 bits per heavy atom. The third kappa shape index (κ3) is 2.20. The molecule has 1 atom stereocenters. The summed E-state index contributed by atoms with van der Waals surface area (Å²) in [6, 6.07) is -0.436. The smallest absolute Gasteiger partial charge is 0.329 e. The van der Waals surface area contributed by atoms with Gasteiger partial charge in [-0.25, -0.2) is 4.79 Å². The molecular weight excluding hydrogens is 162 g/mol. The number of hydrogen-bond donors (Lipinski definition) is 1. The maximum Gasteiger partial charge on any atom is 0.329 e. The van der Waals surface area contributed by atoms with Crippen molar-refractivity contribution in [3.63, 3.8) is 0 Å². The molecule has 0 aromatic rings. The van der Waals surface area contributed by atoms with E-state index in [2.05, 4.69) is 10.1 Å². The van der Waals surface area contributed by atoms with E-state index < -0.39 is 6.04 Å². The summed E-state index contributed by atoms with van der Waals surface area (Å²) < 4.78 is 9.44. The molecule has 1 aliphatic rings. The number of methoxy groups -OCH3 is 1. The minimum atomic E-state index is -0.436. The van der Waals surface area contributed by atoms with E-state index in [9.17, 15) is 9.59 Å². The van der Waals surface area contributed by atoms with Crippen LogP contribution in [0.2, 0.25) is 0 Å². The minimum Gasteiger partial charge on any atom is -0.462 e. The average molecular weight is 173 g/mol. The quantitative estimate of drug-likeness (QED) is 0.338. The molecule has 1 rings (SSSR count). The SMILES string of the molecule is COCCOC(=O)C1CC(=O)N1. The third-order valence-corrected chi connectivity index (χ3v) is 1.54. The summed E-state index contributed by atoms with van der Waals surface area (Å²) in [5.41, 5.74) is 0. The van der Waals surface area contributed by atoms with Crippen molar-refractivity contribution in [1.82, 2.24) is 5.32 Å². The summed E-state index contributed by atoms with van der Waals surface area (Å²) in [5.74, 6) is -0.490. The third-order valence-electron chi connectivity index (χ3n) is 1.54. The van der Waals surface area contributed by atoms with Gasteiger partial charge in [0, 0.05) is 7.11 Å². The van der Waals surface area contributed by atoms with Crippen LogP contribution in [0.4, 0.5) is 0 Å². The van der Waals surface area contributed by atoms with Crippen molar-refractivity contribution in [2.24, 2.45) is 0 Å². The van der Waals surface area contributed by atoms with Crippen molar-refractivity contribution in [3.8, 4) is 0 Å². The van der Waals surface area contributed by atoms with Gasteiger partial charge in [-0.3, -0.25) is 4.79 Å². The molecule has 68 valence electrons. The van der Waals surface area contributed by atoms with E-state index in [1.54, 1.807) is 0 Å². The fraction of sp³-hybridized carbons (Fsp3) is 0.714. The first-order valence-corrected chi connectivity index (χ1v) is 3.69. The summed E-state index contributed by atoms with van der Waals surface area (Å²) in [5, 5.41) is 2.42. The molecule has 1 amide bonds. The van der Waals surface area contributed by atoms with Crippen LogP contribution in [0.15, 0.2) is 0 Å². The second-order valence-corrected chi connectivity index (χ2v) is 2.48. The van der Waals surface area contributed by atoms with Crippen LogP contribution in [0.25, 0.3) is 0 Å². The summed E-state index contributed by atoms with van der Waals surface area (Å²) >= 11 is 0. The van der Waals surface area contributed by atoms with Crippen LogP contribution in [-0.2, 0) is 19.1 Å². The van der Waals surface area contributed by atoms with E-state index in [1.165, 1.54) is 7.11 Å². The zero-order chi connectivity index (χ0) is 8.97.